The molecule has 0 heterocycles. The molecule has 2 N–H and O–H groups in total. The Morgan fingerprint density at radius 3 is 2.40 bits per heavy atom. The van der Waals surface area contributed by atoms with Crippen LogP contribution in [0.25, 0.3) is 0 Å². The number of hydrogen-bond donors (Lipinski definition) is 2. The summed E-state index contributed by atoms with van der Waals surface area (Å²) in [6, 6.07) is 12.0. The molecule has 7 heteroatoms. The number of nitrogens with one attached hydrogen (secondary N) is 2. The Balaban J connectivity index is 2.08. The van der Waals surface area contributed by atoms with Gasteiger partial charge in [-0.2, -0.15) is 0 Å². The number of hydrogen-bond acceptors (Lipinski definition) is 5. The first-order chi connectivity index (χ1) is 12.0. The minimum absolute atomic E-state index is 0.117. The number of carboxylic acid groups (broad SMARTS) is 1. The van der Waals surface area contributed by atoms with Crippen molar-refractivity contribution in [3.8, 4) is 11.5 Å². The molecule has 25 heavy (non-hydrogen) atoms. The number of rotatable bonds is 7. The number of benzene rings is 2. The summed E-state index contributed by atoms with van der Waals surface area (Å²) in [4.78, 5) is 23.5. The minimum Gasteiger partial charge on any atom is -0.548 e. The Morgan fingerprint density at radius 2 is 1.80 bits per heavy atom. The first-order valence-electron chi connectivity index (χ1n) is 7.57. The normalized spacial score (nSPS) is 11.3. The van der Waals surface area contributed by atoms with Crippen molar-refractivity contribution >= 4 is 17.7 Å². The van der Waals surface area contributed by atoms with Gasteiger partial charge in [-0.05, 0) is 24.1 Å². The Kier molecular flexibility index (Phi) is 6.22. The van der Waals surface area contributed by atoms with Crippen LogP contribution >= 0.6 is 0 Å². The van der Waals surface area contributed by atoms with Gasteiger partial charge in [-0.1, -0.05) is 30.3 Å². The van der Waals surface area contributed by atoms with Gasteiger partial charge in [0, 0.05) is 6.07 Å². The van der Waals surface area contributed by atoms with Gasteiger partial charge in [0.2, 0.25) is 0 Å². The summed E-state index contributed by atoms with van der Waals surface area (Å²) in [6.07, 6.45) is 0.117. The van der Waals surface area contributed by atoms with Crippen molar-refractivity contribution in [3.05, 3.63) is 54.1 Å². The lowest BCUT2D eigenvalue weighted by Crippen LogP contribution is -2.50. The van der Waals surface area contributed by atoms with Gasteiger partial charge < -0.3 is 30.0 Å². The fourth-order valence-electron chi connectivity index (χ4n) is 2.27. The van der Waals surface area contributed by atoms with Crippen LogP contribution in [-0.4, -0.2) is 32.3 Å². The van der Waals surface area contributed by atoms with E-state index in [-0.39, 0.29) is 6.42 Å². The van der Waals surface area contributed by atoms with Gasteiger partial charge in [0.05, 0.1) is 31.9 Å². The van der Waals surface area contributed by atoms with Crippen LogP contribution < -0.4 is 25.2 Å². The molecule has 7 nitrogen and oxygen atoms in total. The van der Waals surface area contributed by atoms with Crippen molar-refractivity contribution in [2.45, 2.75) is 12.5 Å². The van der Waals surface area contributed by atoms with Crippen molar-refractivity contribution in [3.63, 3.8) is 0 Å². The van der Waals surface area contributed by atoms with Crippen LogP contribution in [-0.2, 0) is 11.2 Å². The molecule has 0 saturated heterocycles. The van der Waals surface area contributed by atoms with Crippen LogP contribution in [0.1, 0.15) is 5.56 Å². The van der Waals surface area contributed by atoms with Gasteiger partial charge in [-0.15, -0.1) is 0 Å². The monoisotopic (exact) mass is 343 g/mol. The highest BCUT2D eigenvalue weighted by atomic mass is 16.5. The summed E-state index contributed by atoms with van der Waals surface area (Å²) in [5.74, 6) is -0.419. The van der Waals surface area contributed by atoms with Gasteiger partial charge in [0.1, 0.15) is 11.5 Å². The maximum Gasteiger partial charge on any atom is 0.319 e. The van der Waals surface area contributed by atoms with Crippen LogP contribution in [0.5, 0.6) is 11.5 Å². The predicted molar refractivity (Wildman–Crippen MR) is 90.6 cm³/mol. The van der Waals surface area contributed by atoms with E-state index in [1.54, 1.807) is 42.5 Å². The zero-order valence-electron chi connectivity index (χ0n) is 13.9. The summed E-state index contributed by atoms with van der Waals surface area (Å²) in [5.41, 5.74) is 1.13. The lowest BCUT2D eigenvalue weighted by atomic mass is 10.1. The molecule has 0 unspecified atom stereocenters. The van der Waals surface area contributed by atoms with E-state index < -0.39 is 18.0 Å². The lowest BCUT2D eigenvalue weighted by molar-refractivity contribution is -0.308. The average molecular weight is 343 g/mol. The molecule has 0 radical (unpaired) electrons. The molecular formula is C18H19N2O5-. The number of anilines is 1. The van der Waals surface area contributed by atoms with E-state index >= 15 is 0 Å². The second-order valence-electron chi connectivity index (χ2n) is 5.23. The highest BCUT2D eigenvalue weighted by Crippen LogP contribution is 2.28. The molecule has 1 atom stereocenters. The molecular weight excluding hydrogens is 324 g/mol. The van der Waals surface area contributed by atoms with Gasteiger partial charge >= 0.3 is 6.03 Å². The molecule has 132 valence electrons. The van der Waals surface area contributed by atoms with E-state index in [9.17, 15) is 14.7 Å². The fraction of sp³-hybridized carbons (Fsp3) is 0.222. The Hall–Kier alpha value is -3.22. The average Bonchev–Trinajstić information content (AvgIpc) is 2.61. The van der Waals surface area contributed by atoms with Crippen LogP contribution in [0, 0.1) is 0 Å². The van der Waals surface area contributed by atoms with Gasteiger partial charge in [0.25, 0.3) is 0 Å². The maximum absolute atomic E-state index is 12.2. The zero-order chi connectivity index (χ0) is 18.2. The van der Waals surface area contributed by atoms with E-state index in [2.05, 4.69) is 10.6 Å². The van der Waals surface area contributed by atoms with E-state index in [0.29, 0.717) is 17.2 Å². The SMILES string of the molecule is COc1ccc(OC)c(NC(=O)N[C@@H](Cc2ccccc2)C(=O)[O-])c1. The molecule has 2 amide bonds. The molecule has 0 aliphatic heterocycles. The predicted octanol–water partition coefficient (Wildman–Crippen LogP) is 1.19. The number of methoxy groups -OCH3 is 2. The topological polar surface area (TPSA) is 99.7 Å². The second-order valence-corrected chi connectivity index (χ2v) is 5.23. The largest absolute Gasteiger partial charge is 0.548 e. The molecule has 0 bridgehead atoms. The minimum atomic E-state index is -1.36. The van der Waals surface area contributed by atoms with Crippen LogP contribution in [0.15, 0.2) is 48.5 Å². The molecule has 0 aliphatic carbocycles. The van der Waals surface area contributed by atoms with Crippen molar-refractivity contribution in [2.75, 3.05) is 19.5 Å². The van der Waals surface area contributed by atoms with Crippen LogP contribution in [0.3, 0.4) is 0 Å². The summed E-state index contributed by atoms with van der Waals surface area (Å²) >= 11 is 0. The lowest BCUT2D eigenvalue weighted by Gasteiger charge is -2.20. The van der Waals surface area contributed by atoms with Crippen LogP contribution in [0.4, 0.5) is 10.5 Å². The maximum atomic E-state index is 12.2. The highest BCUT2D eigenvalue weighted by molar-refractivity contribution is 5.93. The van der Waals surface area contributed by atoms with E-state index in [1.807, 2.05) is 6.07 Å². The molecule has 2 aromatic rings. The fourth-order valence-corrected chi connectivity index (χ4v) is 2.27. The Morgan fingerprint density at radius 1 is 1.08 bits per heavy atom. The second kappa shape index (κ2) is 8.58. The van der Waals surface area contributed by atoms with Gasteiger partial charge in [0.15, 0.2) is 0 Å². The first-order valence-corrected chi connectivity index (χ1v) is 7.57. The Bertz CT molecular complexity index is 734. The number of ether oxygens (including phenoxy) is 2. The number of carbonyl (C=O) groups is 2. The molecule has 0 aromatic heterocycles. The standard InChI is InChI=1S/C18H20N2O5/c1-24-13-8-9-16(25-2)14(11-13)19-18(23)20-15(17(21)22)10-12-6-4-3-5-7-12/h3-9,11,15H,10H2,1-2H3,(H,21,22)(H2,19,20,23)/p-1/t15-/m0/s1. The zero-order valence-corrected chi connectivity index (χ0v) is 13.9. The summed E-state index contributed by atoms with van der Waals surface area (Å²) in [7, 11) is 2.96. The van der Waals surface area contributed by atoms with Crippen molar-refractivity contribution in [1.29, 1.82) is 0 Å². The number of urea groups is 1. The molecule has 0 spiro atoms. The van der Waals surface area contributed by atoms with Crippen molar-refractivity contribution in [1.82, 2.24) is 5.32 Å². The third-order valence-corrected chi connectivity index (χ3v) is 3.53. The molecule has 2 rings (SSSR count). The summed E-state index contributed by atoms with van der Waals surface area (Å²) < 4.78 is 10.3. The van der Waals surface area contributed by atoms with E-state index in [4.69, 9.17) is 9.47 Å². The molecule has 0 aliphatic rings. The number of aliphatic carboxylic acids is 1. The number of amides is 2. The van der Waals surface area contributed by atoms with Crippen molar-refractivity contribution in [2.24, 2.45) is 0 Å². The molecule has 0 fully saturated rings. The number of carboxylic acids is 1. The van der Waals surface area contributed by atoms with Gasteiger partial charge in [-0.25, -0.2) is 4.79 Å². The van der Waals surface area contributed by atoms with Crippen LogP contribution in [0.2, 0.25) is 0 Å². The highest BCUT2D eigenvalue weighted by Gasteiger charge is 2.16. The smallest absolute Gasteiger partial charge is 0.319 e. The van der Waals surface area contributed by atoms with E-state index in [1.165, 1.54) is 14.2 Å². The third kappa shape index (κ3) is 5.13. The molecule has 0 saturated carbocycles. The molecule has 2 aromatic carbocycles. The summed E-state index contributed by atoms with van der Waals surface area (Å²) in [5, 5.41) is 16.3. The first kappa shape index (κ1) is 18.1. The van der Waals surface area contributed by atoms with Gasteiger partial charge in [-0.3, -0.25) is 0 Å². The summed E-state index contributed by atoms with van der Waals surface area (Å²) in [6.45, 7) is 0. The third-order valence-electron chi connectivity index (χ3n) is 3.53. The quantitative estimate of drug-likeness (QED) is 0.786. The Labute approximate surface area is 145 Å². The van der Waals surface area contributed by atoms with E-state index in [0.717, 1.165) is 5.56 Å². The number of carbonyl (C=O) groups excluding carboxylic acids is 2. The van der Waals surface area contributed by atoms with Crippen molar-refractivity contribution < 1.29 is 24.2 Å².